The van der Waals surface area contributed by atoms with E-state index in [0.717, 1.165) is 60.7 Å². The minimum absolute atomic E-state index is 0.177. The lowest BCUT2D eigenvalue weighted by Crippen LogP contribution is -2.41. The lowest BCUT2D eigenvalue weighted by molar-refractivity contribution is -0.123. The summed E-state index contributed by atoms with van der Waals surface area (Å²) in [5, 5.41) is 11.4. The molecule has 0 spiro atoms. The molecular weight excluding hydrogens is 290 g/mol. The fraction of sp³-hybridized carbons (Fsp3) is 0.556. The summed E-state index contributed by atoms with van der Waals surface area (Å²) in [4.78, 5) is 11.9. The van der Waals surface area contributed by atoms with E-state index in [0.29, 0.717) is 0 Å². The Hall–Kier alpha value is -2.04. The summed E-state index contributed by atoms with van der Waals surface area (Å²) in [6.45, 7) is 2.07. The Morgan fingerprint density at radius 3 is 3.00 bits per heavy atom. The van der Waals surface area contributed by atoms with Gasteiger partial charge in [-0.2, -0.15) is 5.10 Å². The van der Waals surface area contributed by atoms with Crippen LogP contribution in [0.15, 0.2) is 18.3 Å². The number of carbonyl (C=O) groups excluding carboxylic acids is 1. The van der Waals surface area contributed by atoms with E-state index in [-0.39, 0.29) is 24.0 Å². The van der Waals surface area contributed by atoms with E-state index in [1.54, 1.807) is 0 Å². The van der Waals surface area contributed by atoms with Gasteiger partial charge in [0.15, 0.2) is 0 Å². The zero-order chi connectivity index (χ0) is 15.8. The van der Waals surface area contributed by atoms with Gasteiger partial charge in [0.2, 0.25) is 5.91 Å². The van der Waals surface area contributed by atoms with Crippen LogP contribution in [0.4, 0.5) is 0 Å². The molecular formula is C18H23N3O2. The molecule has 5 nitrogen and oxygen atoms in total. The predicted octanol–water partition coefficient (Wildman–Crippen LogP) is 3.09. The molecule has 2 N–H and O–H groups in total. The number of aryl methyl sites for hydroxylation is 1. The van der Waals surface area contributed by atoms with Crippen LogP contribution in [0.25, 0.3) is 10.9 Å². The summed E-state index contributed by atoms with van der Waals surface area (Å²) in [6.07, 6.45) is 8.27. The normalized spacial score (nSPS) is 24.6. The van der Waals surface area contributed by atoms with E-state index in [2.05, 4.69) is 22.4 Å². The number of ether oxygens (including phenoxy) is 1. The van der Waals surface area contributed by atoms with E-state index in [1.165, 1.54) is 0 Å². The molecule has 0 unspecified atom stereocenters. The molecule has 23 heavy (non-hydrogen) atoms. The lowest BCUT2D eigenvalue weighted by Gasteiger charge is -2.30. The zero-order valence-corrected chi connectivity index (χ0v) is 13.5. The van der Waals surface area contributed by atoms with E-state index in [1.807, 2.05) is 18.3 Å². The van der Waals surface area contributed by atoms with Crippen molar-refractivity contribution in [3.05, 3.63) is 23.9 Å². The first-order valence-electron chi connectivity index (χ1n) is 8.60. The zero-order valence-electron chi connectivity index (χ0n) is 13.5. The molecule has 1 aromatic carbocycles. The molecule has 2 atom stereocenters. The van der Waals surface area contributed by atoms with Crippen molar-refractivity contribution < 1.29 is 9.53 Å². The first-order valence-corrected chi connectivity index (χ1v) is 8.60. The number of aromatic amines is 1. The molecule has 2 aromatic rings. The number of rotatable bonds is 4. The molecule has 0 saturated heterocycles. The first kappa shape index (κ1) is 14.5. The number of amides is 1. The summed E-state index contributed by atoms with van der Waals surface area (Å²) in [5.74, 6) is 1.45. The van der Waals surface area contributed by atoms with Gasteiger partial charge in [-0.25, -0.2) is 0 Å². The average molecular weight is 313 g/mol. The van der Waals surface area contributed by atoms with Crippen molar-refractivity contribution in [2.45, 2.75) is 57.6 Å². The van der Waals surface area contributed by atoms with Crippen LogP contribution in [0, 0.1) is 12.8 Å². The monoisotopic (exact) mass is 313 g/mol. The highest BCUT2D eigenvalue weighted by Crippen LogP contribution is 2.32. The maximum absolute atomic E-state index is 11.9. The van der Waals surface area contributed by atoms with Crippen molar-refractivity contribution in [2.75, 3.05) is 0 Å². The van der Waals surface area contributed by atoms with Crippen LogP contribution in [0.1, 0.15) is 44.1 Å². The predicted molar refractivity (Wildman–Crippen MR) is 88.4 cm³/mol. The molecule has 2 aliphatic carbocycles. The Balaban J connectivity index is 1.42. The molecule has 2 aliphatic rings. The van der Waals surface area contributed by atoms with Gasteiger partial charge >= 0.3 is 0 Å². The number of carbonyl (C=O) groups is 1. The molecule has 1 amide bonds. The van der Waals surface area contributed by atoms with Gasteiger partial charge in [0, 0.05) is 29.3 Å². The van der Waals surface area contributed by atoms with Crippen molar-refractivity contribution >= 4 is 16.8 Å². The third-order valence-electron chi connectivity index (χ3n) is 5.06. The van der Waals surface area contributed by atoms with Crippen LogP contribution in [0.2, 0.25) is 0 Å². The van der Waals surface area contributed by atoms with Crippen LogP contribution in [0.5, 0.6) is 5.75 Å². The van der Waals surface area contributed by atoms with Crippen LogP contribution in [-0.4, -0.2) is 28.3 Å². The summed E-state index contributed by atoms with van der Waals surface area (Å²) in [7, 11) is 0. The second-order valence-corrected chi connectivity index (χ2v) is 6.91. The highest BCUT2D eigenvalue weighted by molar-refractivity contribution is 5.83. The molecule has 1 heterocycles. The van der Waals surface area contributed by atoms with Crippen LogP contribution in [-0.2, 0) is 4.79 Å². The number of aromatic nitrogens is 2. The molecule has 122 valence electrons. The molecule has 2 saturated carbocycles. The van der Waals surface area contributed by atoms with Crippen molar-refractivity contribution in [2.24, 2.45) is 5.92 Å². The highest BCUT2D eigenvalue weighted by Gasteiger charge is 2.32. The van der Waals surface area contributed by atoms with E-state index < -0.39 is 0 Å². The van der Waals surface area contributed by atoms with Gasteiger partial charge in [-0.1, -0.05) is 0 Å². The van der Waals surface area contributed by atoms with Crippen molar-refractivity contribution in [1.29, 1.82) is 0 Å². The number of H-pyrrole nitrogens is 1. The quantitative estimate of drug-likeness (QED) is 0.911. The molecule has 4 rings (SSSR count). The van der Waals surface area contributed by atoms with Gasteiger partial charge < -0.3 is 10.1 Å². The van der Waals surface area contributed by atoms with E-state index >= 15 is 0 Å². The third kappa shape index (κ3) is 3.05. The fourth-order valence-electron chi connectivity index (χ4n) is 3.49. The largest absolute Gasteiger partial charge is 0.490 e. The number of nitrogens with zero attached hydrogens (tertiary/aromatic N) is 1. The highest BCUT2D eigenvalue weighted by atomic mass is 16.5. The van der Waals surface area contributed by atoms with Crippen molar-refractivity contribution in [1.82, 2.24) is 15.5 Å². The number of fused-ring (bicyclic) bond motifs is 1. The molecule has 1 aromatic heterocycles. The van der Waals surface area contributed by atoms with Gasteiger partial charge in [0.25, 0.3) is 0 Å². The maximum atomic E-state index is 11.9. The molecule has 0 aliphatic heterocycles. The molecule has 0 radical (unpaired) electrons. The maximum Gasteiger partial charge on any atom is 0.223 e. The van der Waals surface area contributed by atoms with Crippen molar-refractivity contribution in [3.63, 3.8) is 0 Å². The first-order chi connectivity index (χ1) is 11.2. The minimum Gasteiger partial charge on any atom is -0.490 e. The minimum atomic E-state index is 0.177. The summed E-state index contributed by atoms with van der Waals surface area (Å²) in [6, 6.07) is 4.29. The standard InChI is InChI=1S/C18H23N3O2/c1-11-15-10-19-21-16(15)7-8-17(11)23-14-4-2-3-13(9-14)20-18(22)12-5-6-12/h7-8,10,12-14H,2-6,9H2,1H3,(H,19,21)(H,20,22)/t13-,14+/m1/s1. The number of benzene rings is 1. The average Bonchev–Trinajstić information content (AvgIpc) is 3.29. The molecule has 0 bridgehead atoms. The van der Waals surface area contributed by atoms with Gasteiger partial charge in [-0.3, -0.25) is 9.89 Å². The Morgan fingerprint density at radius 1 is 1.30 bits per heavy atom. The molecule has 2 fully saturated rings. The smallest absolute Gasteiger partial charge is 0.223 e. The second kappa shape index (κ2) is 5.87. The summed E-state index contributed by atoms with van der Waals surface area (Å²) < 4.78 is 6.26. The van der Waals surface area contributed by atoms with Gasteiger partial charge in [0.1, 0.15) is 11.9 Å². The van der Waals surface area contributed by atoms with E-state index in [9.17, 15) is 4.79 Å². The third-order valence-corrected chi connectivity index (χ3v) is 5.06. The van der Waals surface area contributed by atoms with Crippen LogP contribution < -0.4 is 10.1 Å². The Kier molecular flexibility index (Phi) is 3.71. The lowest BCUT2D eigenvalue weighted by atomic mass is 9.92. The fourth-order valence-corrected chi connectivity index (χ4v) is 3.49. The second-order valence-electron chi connectivity index (χ2n) is 6.91. The Morgan fingerprint density at radius 2 is 2.17 bits per heavy atom. The van der Waals surface area contributed by atoms with Gasteiger partial charge in [0.05, 0.1) is 11.7 Å². The number of hydrogen-bond donors (Lipinski definition) is 2. The Bertz CT molecular complexity index is 720. The Labute approximate surface area is 135 Å². The summed E-state index contributed by atoms with van der Waals surface area (Å²) in [5.41, 5.74) is 2.16. The van der Waals surface area contributed by atoms with Crippen LogP contribution >= 0.6 is 0 Å². The number of hydrogen-bond acceptors (Lipinski definition) is 3. The molecule has 5 heteroatoms. The van der Waals surface area contributed by atoms with E-state index in [4.69, 9.17) is 4.74 Å². The number of nitrogens with one attached hydrogen (secondary N) is 2. The van der Waals surface area contributed by atoms with Crippen molar-refractivity contribution in [3.8, 4) is 5.75 Å². The SMILES string of the molecule is Cc1c(O[C@H]2CCC[C@@H](NC(=O)C3CC3)C2)ccc2[nH]ncc12. The summed E-state index contributed by atoms with van der Waals surface area (Å²) >= 11 is 0. The van der Waals surface area contributed by atoms with Gasteiger partial charge in [-0.05, 0) is 51.2 Å². The van der Waals surface area contributed by atoms with Crippen LogP contribution in [0.3, 0.4) is 0 Å². The van der Waals surface area contributed by atoms with Gasteiger partial charge in [-0.15, -0.1) is 0 Å². The topological polar surface area (TPSA) is 67.0 Å².